The smallest absolute Gasteiger partial charge is 0.274 e. The molecule has 0 aliphatic rings. The third-order valence-corrected chi connectivity index (χ3v) is 3.88. The van der Waals surface area contributed by atoms with Crippen LogP contribution < -0.4 is 5.32 Å². The lowest BCUT2D eigenvalue weighted by Crippen LogP contribution is -2.24. The second kappa shape index (κ2) is 7.42. The minimum absolute atomic E-state index is 0.0555. The third-order valence-electron chi connectivity index (χ3n) is 3.51. The number of benzene rings is 2. The minimum Gasteiger partial charge on any atom is -0.390 e. The van der Waals surface area contributed by atoms with Crippen LogP contribution in [0.2, 0.25) is 5.02 Å². The van der Waals surface area contributed by atoms with Crippen molar-refractivity contribution in [3.05, 3.63) is 76.3 Å². The number of carbonyl (C=O) groups excluding carboxylic acids is 1. The van der Waals surface area contributed by atoms with Gasteiger partial charge in [0, 0.05) is 11.6 Å². The number of hydrogen-bond acceptors (Lipinski definition) is 4. The van der Waals surface area contributed by atoms with E-state index in [1.54, 1.807) is 30.3 Å². The fraction of sp³-hybridized carbons (Fsp3) is 0.118. The van der Waals surface area contributed by atoms with Crippen LogP contribution in [0.3, 0.4) is 0 Å². The Balaban J connectivity index is 1.83. The van der Waals surface area contributed by atoms with Gasteiger partial charge in [-0.05, 0) is 23.8 Å². The van der Waals surface area contributed by atoms with E-state index in [0.29, 0.717) is 5.02 Å². The average molecular weight is 361 g/mol. The summed E-state index contributed by atoms with van der Waals surface area (Å²) in [7, 11) is 0. The predicted octanol–water partition coefficient (Wildman–Crippen LogP) is 2.48. The molecule has 0 bridgehead atoms. The molecule has 3 aromatic rings. The topological polar surface area (TPSA) is 80.0 Å². The van der Waals surface area contributed by atoms with Gasteiger partial charge in [0.1, 0.15) is 11.4 Å². The summed E-state index contributed by atoms with van der Waals surface area (Å²) in [6.07, 6.45) is 0. The SMILES string of the molecule is O=C(NCc1ccccc1Cl)c1nn(-c2ccccc2F)nc1CO. The number of para-hydroxylation sites is 1. The van der Waals surface area contributed by atoms with Crippen LogP contribution in [0, 0.1) is 5.82 Å². The predicted molar refractivity (Wildman–Crippen MR) is 89.9 cm³/mol. The lowest BCUT2D eigenvalue weighted by atomic mass is 10.2. The Hall–Kier alpha value is -2.77. The van der Waals surface area contributed by atoms with Crippen molar-refractivity contribution in [3.8, 4) is 5.69 Å². The van der Waals surface area contributed by atoms with Crippen molar-refractivity contribution < 1.29 is 14.3 Å². The van der Waals surface area contributed by atoms with Crippen molar-refractivity contribution in [2.24, 2.45) is 0 Å². The molecule has 2 aromatic carbocycles. The molecule has 0 saturated heterocycles. The highest BCUT2D eigenvalue weighted by atomic mass is 35.5. The van der Waals surface area contributed by atoms with Gasteiger partial charge in [-0.1, -0.05) is 41.9 Å². The van der Waals surface area contributed by atoms with E-state index in [1.165, 1.54) is 18.2 Å². The van der Waals surface area contributed by atoms with Crippen LogP contribution in [0.5, 0.6) is 0 Å². The lowest BCUT2D eigenvalue weighted by Gasteiger charge is -2.05. The summed E-state index contributed by atoms with van der Waals surface area (Å²) in [5, 5.41) is 20.6. The summed E-state index contributed by atoms with van der Waals surface area (Å²) in [6, 6.07) is 13.0. The van der Waals surface area contributed by atoms with Gasteiger partial charge < -0.3 is 10.4 Å². The van der Waals surface area contributed by atoms with Crippen LogP contribution in [-0.2, 0) is 13.2 Å². The van der Waals surface area contributed by atoms with Gasteiger partial charge in [-0.15, -0.1) is 15.0 Å². The largest absolute Gasteiger partial charge is 0.390 e. The summed E-state index contributed by atoms with van der Waals surface area (Å²) in [6.45, 7) is -0.306. The molecule has 0 saturated carbocycles. The van der Waals surface area contributed by atoms with Crippen LogP contribution >= 0.6 is 11.6 Å². The molecular weight excluding hydrogens is 347 g/mol. The standard InChI is InChI=1S/C17H14ClFN4O2/c18-12-6-2-1-5-11(12)9-20-17(25)16-14(10-24)21-23(22-16)15-8-4-3-7-13(15)19/h1-8,24H,9-10H2,(H,20,25). The Morgan fingerprint density at radius 1 is 1.16 bits per heavy atom. The highest BCUT2D eigenvalue weighted by Crippen LogP contribution is 2.16. The molecule has 128 valence electrons. The minimum atomic E-state index is -0.537. The van der Waals surface area contributed by atoms with Crippen molar-refractivity contribution in [1.29, 1.82) is 0 Å². The van der Waals surface area contributed by atoms with Gasteiger partial charge in [0.2, 0.25) is 0 Å². The van der Waals surface area contributed by atoms with E-state index < -0.39 is 18.3 Å². The van der Waals surface area contributed by atoms with Crippen LogP contribution in [0.15, 0.2) is 48.5 Å². The molecule has 1 heterocycles. The number of hydrogen-bond donors (Lipinski definition) is 2. The van der Waals surface area contributed by atoms with E-state index in [0.717, 1.165) is 10.4 Å². The fourth-order valence-electron chi connectivity index (χ4n) is 2.24. The maximum atomic E-state index is 13.9. The molecule has 1 amide bonds. The molecule has 0 unspecified atom stereocenters. The third kappa shape index (κ3) is 3.67. The first-order chi connectivity index (χ1) is 12.1. The maximum Gasteiger partial charge on any atom is 0.274 e. The summed E-state index contributed by atoms with van der Waals surface area (Å²) in [5.74, 6) is -1.07. The van der Waals surface area contributed by atoms with Crippen molar-refractivity contribution in [3.63, 3.8) is 0 Å². The van der Waals surface area contributed by atoms with Gasteiger partial charge in [-0.25, -0.2) is 4.39 Å². The van der Waals surface area contributed by atoms with Crippen LogP contribution in [0.25, 0.3) is 5.69 Å². The number of amides is 1. The number of nitrogens with one attached hydrogen (secondary N) is 1. The van der Waals surface area contributed by atoms with Crippen molar-refractivity contribution in [1.82, 2.24) is 20.3 Å². The quantitative estimate of drug-likeness (QED) is 0.732. The molecule has 0 radical (unpaired) electrons. The Morgan fingerprint density at radius 2 is 1.88 bits per heavy atom. The van der Waals surface area contributed by atoms with Gasteiger partial charge in [0.15, 0.2) is 11.5 Å². The monoisotopic (exact) mass is 360 g/mol. The first kappa shape index (κ1) is 17.1. The average Bonchev–Trinajstić information content (AvgIpc) is 3.05. The molecule has 0 aliphatic heterocycles. The zero-order chi connectivity index (χ0) is 17.8. The molecule has 3 rings (SSSR count). The zero-order valence-electron chi connectivity index (χ0n) is 13.0. The first-order valence-corrected chi connectivity index (χ1v) is 7.81. The highest BCUT2D eigenvalue weighted by molar-refractivity contribution is 6.31. The normalized spacial score (nSPS) is 10.7. The van der Waals surface area contributed by atoms with Gasteiger partial charge in [-0.2, -0.15) is 0 Å². The number of aliphatic hydroxyl groups is 1. The molecular formula is C17H14ClFN4O2. The van der Waals surface area contributed by atoms with Crippen LogP contribution in [-0.4, -0.2) is 26.0 Å². The summed E-state index contributed by atoms with van der Waals surface area (Å²) >= 11 is 6.05. The number of rotatable bonds is 5. The molecule has 25 heavy (non-hydrogen) atoms. The number of nitrogens with zero attached hydrogens (tertiary/aromatic N) is 3. The summed E-state index contributed by atoms with van der Waals surface area (Å²) in [5.41, 5.74) is 0.810. The Morgan fingerprint density at radius 3 is 2.60 bits per heavy atom. The Kier molecular flexibility index (Phi) is 5.06. The van der Waals surface area contributed by atoms with E-state index in [1.807, 2.05) is 0 Å². The second-order valence-corrected chi connectivity index (χ2v) is 5.58. The molecule has 6 nitrogen and oxygen atoms in total. The molecule has 0 fully saturated rings. The van der Waals surface area contributed by atoms with Gasteiger partial charge in [0.05, 0.1) is 6.61 Å². The van der Waals surface area contributed by atoms with Gasteiger partial charge in [-0.3, -0.25) is 4.79 Å². The van der Waals surface area contributed by atoms with Crippen LogP contribution in [0.4, 0.5) is 4.39 Å². The van der Waals surface area contributed by atoms with Gasteiger partial charge in [0.25, 0.3) is 5.91 Å². The number of aliphatic hydroxyl groups excluding tert-OH is 1. The molecule has 1 aromatic heterocycles. The molecule has 0 atom stereocenters. The van der Waals surface area contributed by atoms with Crippen LogP contribution in [0.1, 0.15) is 21.7 Å². The number of aromatic nitrogens is 3. The van der Waals surface area contributed by atoms with E-state index in [-0.39, 0.29) is 23.6 Å². The molecule has 8 heteroatoms. The van der Waals surface area contributed by atoms with Gasteiger partial charge >= 0.3 is 0 Å². The summed E-state index contributed by atoms with van der Waals surface area (Å²) in [4.78, 5) is 13.4. The number of carbonyl (C=O) groups is 1. The molecule has 2 N–H and O–H groups in total. The van der Waals surface area contributed by atoms with E-state index in [2.05, 4.69) is 15.5 Å². The van der Waals surface area contributed by atoms with Crippen molar-refractivity contribution in [2.45, 2.75) is 13.2 Å². The summed E-state index contributed by atoms with van der Waals surface area (Å²) < 4.78 is 13.9. The van der Waals surface area contributed by atoms with E-state index in [4.69, 9.17) is 11.6 Å². The maximum absolute atomic E-state index is 13.9. The van der Waals surface area contributed by atoms with E-state index >= 15 is 0 Å². The van der Waals surface area contributed by atoms with Crippen molar-refractivity contribution in [2.75, 3.05) is 0 Å². The van der Waals surface area contributed by atoms with Crippen molar-refractivity contribution >= 4 is 17.5 Å². The van der Waals surface area contributed by atoms with E-state index in [9.17, 15) is 14.3 Å². The highest BCUT2D eigenvalue weighted by Gasteiger charge is 2.19. The Labute approximate surface area is 147 Å². The lowest BCUT2D eigenvalue weighted by molar-refractivity contribution is 0.0942. The second-order valence-electron chi connectivity index (χ2n) is 5.17. The number of halogens is 2. The fourth-order valence-corrected chi connectivity index (χ4v) is 2.44. The molecule has 0 spiro atoms. The molecule has 0 aliphatic carbocycles. The first-order valence-electron chi connectivity index (χ1n) is 7.43. The zero-order valence-corrected chi connectivity index (χ0v) is 13.7. The Bertz CT molecular complexity index is 913.